The molecule has 2 nitrogen and oxygen atoms in total. The standard InChI is InChI=1S/C16H25NO/c1-12-4-9-16(13(12)2)17-11-10-14-5-7-15(18-3)8-6-14/h5-8,12-13,16-17H,4,9-11H2,1-3H3. The summed E-state index contributed by atoms with van der Waals surface area (Å²) in [5, 5.41) is 3.71. The van der Waals surface area contributed by atoms with E-state index >= 15 is 0 Å². The Balaban J connectivity index is 1.74. The van der Waals surface area contributed by atoms with E-state index in [0.29, 0.717) is 0 Å². The first-order chi connectivity index (χ1) is 8.70. The second-order valence-corrected chi connectivity index (χ2v) is 5.57. The second-order valence-electron chi connectivity index (χ2n) is 5.57. The van der Waals surface area contributed by atoms with Crippen molar-refractivity contribution in [2.45, 2.75) is 39.2 Å². The zero-order valence-electron chi connectivity index (χ0n) is 11.8. The lowest BCUT2D eigenvalue weighted by molar-refractivity contribution is 0.372. The highest BCUT2D eigenvalue weighted by Gasteiger charge is 2.28. The molecule has 18 heavy (non-hydrogen) atoms. The number of rotatable bonds is 5. The van der Waals surface area contributed by atoms with Crippen molar-refractivity contribution < 1.29 is 4.74 Å². The van der Waals surface area contributed by atoms with Crippen LogP contribution in [-0.4, -0.2) is 19.7 Å². The topological polar surface area (TPSA) is 21.3 Å². The molecular weight excluding hydrogens is 222 g/mol. The molecule has 1 aliphatic rings. The van der Waals surface area contributed by atoms with Crippen molar-refractivity contribution in [2.75, 3.05) is 13.7 Å². The molecule has 3 atom stereocenters. The summed E-state index contributed by atoms with van der Waals surface area (Å²) >= 11 is 0. The van der Waals surface area contributed by atoms with Crippen molar-refractivity contribution in [1.29, 1.82) is 0 Å². The SMILES string of the molecule is COc1ccc(CCNC2CCC(C)C2C)cc1. The van der Waals surface area contributed by atoms with Gasteiger partial charge in [0.2, 0.25) is 0 Å². The molecule has 0 bridgehead atoms. The first kappa shape index (κ1) is 13.4. The van der Waals surface area contributed by atoms with Gasteiger partial charge < -0.3 is 10.1 Å². The maximum Gasteiger partial charge on any atom is 0.118 e. The van der Waals surface area contributed by atoms with Crippen LogP contribution < -0.4 is 10.1 Å². The lowest BCUT2D eigenvalue weighted by Crippen LogP contribution is -2.33. The van der Waals surface area contributed by atoms with Gasteiger partial charge in [0, 0.05) is 6.04 Å². The summed E-state index contributed by atoms with van der Waals surface area (Å²) in [6.07, 6.45) is 3.81. The summed E-state index contributed by atoms with van der Waals surface area (Å²) in [5.41, 5.74) is 1.38. The molecule has 1 fully saturated rings. The molecule has 0 saturated heterocycles. The van der Waals surface area contributed by atoms with Crippen molar-refractivity contribution in [2.24, 2.45) is 11.8 Å². The largest absolute Gasteiger partial charge is 0.497 e. The van der Waals surface area contributed by atoms with Gasteiger partial charge in [0.05, 0.1) is 7.11 Å². The minimum atomic E-state index is 0.721. The summed E-state index contributed by atoms with van der Waals surface area (Å²) in [7, 11) is 1.71. The predicted molar refractivity (Wildman–Crippen MR) is 76.1 cm³/mol. The van der Waals surface area contributed by atoms with Gasteiger partial charge in [-0.1, -0.05) is 26.0 Å². The van der Waals surface area contributed by atoms with Crippen molar-refractivity contribution in [3.05, 3.63) is 29.8 Å². The molecule has 1 N–H and O–H groups in total. The summed E-state index contributed by atoms with van der Waals surface area (Å²) < 4.78 is 5.17. The van der Waals surface area contributed by atoms with E-state index in [1.807, 2.05) is 12.1 Å². The van der Waals surface area contributed by atoms with Gasteiger partial charge in [-0.25, -0.2) is 0 Å². The smallest absolute Gasteiger partial charge is 0.118 e. The van der Waals surface area contributed by atoms with Crippen LogP contribution in [0.3, 0.4) is 0 Å². The zero-order valence-corrected chi connectivity index (χ0v) is 11.8. The third kappa shape index (κ3) is 3.26. The fourth-order valence-corrected chi connectivity index (χ4v) is 2.85. The van der Waals surface area contributed by atoms with Crippen LogP contribution in [0.5, 0.6) is 5.75 Å². The molecule has 3 unspecified atom stereocenters. The molecule has 100 valence electrons. The van der Waals surface area contributed by atoms with Gasteiger partial charge in [0.15, 0.2) is 0 Å². The average Bonchev–Trinajstić information content (AvgIpc) is 2.71. The van der Waals surface area contributed by atoms with E-state index < -0.39 is 0 Å². The molecule has 2 heteroatoms. The van der Waals surface area contributed by atoms with Crippen LogP contribution in [0.2, 0.25) is 0 Å². The Bertz CT molecular complexity index is 360. The Labute approximate surface area is 111 Å². The Morgan fingerprint density at radius 2 is 1.89 bits per heavy atom. The fraction of sp³-hybridized carbons (Fsp3) is 0.625. The van der Waals surface area contributed by atoms with Gasteiger partial charge in [-0.05, 0) is 55.3 Å². The van der Waals surface area contributed by atoms with Crippen molar-refractivity contribution in [1.82, 2.24) is 5.32 Å². The number of nitrogens with one attached hydrogen (secondary N) is 1. The molecular formula is C16H25NO. The van der Waals surface area contributed by atoms with E-state index in [2.05, 4.69) is 31.3 Å². The number of hydrogen-bond donors (Lipinski definition) is 1. The second kappa shape index (κ2) is 6.24. The van der Waals surface area contributed by atoms with Gasteiger partial charge in [0.1, 0.15) is 5.75 Å². The third-order valence-electron chi connectivity index (χ3n) is 4.44. The average molecular weight is 247 g/mol. The third-order valence-corrected chi connectivity index (χ3v) is 4.44. The van der Waals surface area contributed by atoms with Crippen LogP contribution in [0.1, 0.15) is 32.3 Å². The molecule has 0 aliphatic heterocycles. The van der Waals surface area contributed by atoms with Crippen LogP contribution in [0.4, 0.5) is 0 Å². The normalized spacial score (nSPS) is 27.4. The molecule has 1 saturated carbocycles. The highest BCUT2D eigenvalue weighted by molar-refractivity contribution is 5.27. The van der Waals surface area contributed by atoms with Crippen molar-refractivity contribution in [3.63, 3.8) is 0 Å². The molecule has 1 aromatic carbocycles. The van der Waals surface area contributed by atoms with Crippen LogP contribution in [0, 0.1) is 11.8 Å². The van der Waals surface area contributed by atoms with Crippen molar-refractivity contribution >= 4 is 0 Å². The van der Waals surface area contributed by atoms with Gasteiger partial charge in [-0.15, -0.1) is 0 Å². The lowest BCUT2D eigenvalue weighted by Gasteiger charge is -2.19. The minimum Gasteiger partial charge on any atom is -0.497 e. The highest BCUT2D eigenvalue weighted by atomic mass is 16.5. The predicted octanol–water partition coefficient (Wildman–Crippen LogP) is 3.26. The molecule has 0 aromatic heterocycles. The van der Waals surface area contributed by atoms with Gasteiger partial charge >= 0.3 is 0 Å². The summed E-state index contributed by atoms with van der Waals surface area (Å²) in [5.74, 6) is 2.63. The fourth-order valence-electron chi connectivity index (χ4n) is 2.85. The van der Waals surface area contributed by atoms with Gasteiger partial charge in [-0.3, -0.25) is 0 Å². The zero-order chi connectivity index (χ0) is 13.0. The highest BCUT2D eigenvalue weighted by Crippen LogP contribution is 2.30. The monoisotopic (exact) mass is 247 g/mol. The minimum absolute atomic E-state index is 0.721. The first-order valence-electron chi connectivity index (χ1n) is 7.07. The molecule has 0 radical (unpaired) electrons. The molecule has 0 spiro atoms. The van der Waals surface area contributed by atoms with E-state index in [4.69, 9.17) is 4.74 Å². The van der Waals surface area contributed by atoms with Crippen molar-refractivity contribution in [3.8, 4) is 5.75 Å². The Kier molecular flexibility index (Phi) is 4.65. The Morgan fingerprint density at radius 1 is 1.17 bits per heavy atom. The molecule has 0 amide bonds. The molecule has 2 rings (SSSR count). The number of hydrogen-bond acceptors (Lipinski definition) is 2. The molecule has 1 aromatic rings. The quantitative estimate of drug-likeness (QED) is 0.862. The van der Waals surface area contributed by atoms with Gasteiger partial charge in [0.25, 0.3) is 0 Å². The van der Waals surface area contributed by atoms with Crippen LogP contribution in [0.15, 0.2) is 24.3 Å². The van der Waals surface area contributed by atoms with E-state index in [1.54, 1.807) is 7.11 Å². The lowest BCUT2D eigenvalue weighted by atomic mass is 9.98. The Hall–Kier alpha value is -1.02. The van der Waals surface area contributed by atoms with Gasteiger partial charge in [-0.2, -0.15) is 0 Å². The maximum absolute atomic E-state index is 5.17. The first-order valence-corrected chi connectivity index (χ1v) is 7.07. The van der Waals surface area contributed by atoms with Crippen LogP contribution in [0.25, 0.3) is 0 Å². The Morgan fingerprint density at radius 3 is 2.44 bits per heavy atom. The summed E-state index contributed by atoms with van der Waals surface area (Å²) in [4.78, 5) is 0. The van der Waals surface area contributed by atoms with Crippen LogP contribution >= 0.6 is 0 Å². The summed E-state index contributed by atoms with van der Waals surface area (Å²) in [6, 6.07) is 9.10. The van der Waals surface area contributed by atoms with Crippen LogP contribution in [-0.2, 0) is 6.42 Å². The number of ether oxygens (including phenoxy) is 1. The van der Waals surface area contributed by atoms with E-state index in [-0.39, 0.29) is 0 Å². The van der Waals surface area contributed by atoms with E-state index in [0.717, 1.165) is 36.6 Å². The number of benzene rings is 1. The van der Waals surface area contributed by atoms with E-state index in [9.17, 15) is 0 Å². The summed E-state index contributed by atoms with van der Waals surface area (Å²) in [6.45, 7) is 5.83. The molecule has 0 heterocycles. The van der Waals surface area contributed by atoms with E-state index in [1.165, 1.54) is 18.4 Å². The molecule has 1 aliphatic carbocycles. The number of methoxy groups -OCH3 is 1. The maximum atomic E-state index is 5.17.